The second-order valence-electron chi connectivity index (χ2n) is 9.22. The van der Waals surface area contributed by atoms with Crippen LogP contribution in [0.3, 0.4) is 0 Å². The maximum Gasteiger partial charge on any atom is 0.129 e. The molecule has 8 heteroatoms. The van der Waals surface area contributed by atoms with E-state index >= 15 is 0 Å². The highest BCUT2D eigenvalue weighted by Crippen LogP contribution is 2.38. The zero-order valence-electron chi connectivity index (χ0n) is 21.1. The fraction of sp³-hybridized carbons (Fsp3) is 0. The van der Waals surface area contributed by atoms with E-state index in [1.165, 1.54) is 0 Å². The minimum absolute atomic E-state index is 0.669. The molecule has 4 N–H and O–H groups in total. The summed E-state index contributed by atoms with van der Waals surface area (Å²) in [4.78, 5) is 9.80. The van der Waals surface area contributed by atoms with Crippen molar-refractivity contribution in [2.45, 2.75) is 0 Å². The van der Waals surface area contributed by atoms with Crippen LogP contribution in [0.25, 0.3) is 41.6 Å². The Morgan fingerprint density at radius 2 is 0.925 bits per heavy atom. The summed E-state index contributed by atoms with van der Waals surface area (Å²) in [5.74, 6) is 2.91. The second kappa shape index (κ2) is 10.00. The van der Waals surface area contributed by atoms with E-state index in [4.69, 9.17) is 30.9 Å². The van der Waals surface area contributed by atoms with E-state index in [0.29, 0.717) is 22.9 Å². The van der Waals surface area contributed by atoms with E-state index < -0.39 is 0 Å². The number of hydrogen-bond acceptors (Lipinski definition) is 8. The van der Waals surface area contributed by atoms with Gasteiger partial charge in [0, 0.05) is 34.6 Å². The molecule has 5 aromatic carbocycles. The Bertz CT molecular complexity index is 1790. The molecule has 2 aromatic heterocycles. The van der Waals surface area contributed by atoms with Gasteiger partial charge in [0.05, 0.1) is 20.4 Å². The molecule has 0 spiro atoms. The van der Waals surface area contributed by atoms with E-state index in [9.17, 15) is 0 Å². The minimum Gasteiger partial charge on any atom is -0.457 e. The molecule has 194 valence electrons. The minimum atomic E-state index is 0.669. The lowest BCUT2D eigenvalue weighted by molar-refractivity contribution is 0.483. The highest BCUT2D eigenvalue weighted by atomic mass is 32.1. The molecule has 0 fully saturated rings. The van der Waals surface area contributed by atoms with Crippen molar-refractivity contribution in [3.05, 3.63) is 109 Å². The van der Waals surface area contributed by atoms with Gasteiger partial charge < -0.3 is 20.9 Å². The van der Waals surface area contributed by atoms with Gasteiger partial charge in [0.1, 0.15) is 33.0 Å². The van der Waals surface area contributed by atoms with Crippen LogP contribution in [0.2, 0.25) is 0 Å². The number of anilines is 2. The first-order valence-corrected chi connectivity index (χ1v) is 14.2. The number of rotatable bonds is 6. The lowest BCUT2D eigenvalue weighted by Gasteiger charge is -2.06. The van der Waals surface area contributed by atoms with Gasteiger partial charge in [-0.25, -0.2) is 9.97 Å². The molecule has 0 aliphatic rings. The predicted octanol–water partition coefficient (Wildman–Crippen LogP) is 8.99. The maximum atomic E-state index is 5.92. The van der Waals surface area contributed by atoms with Gasteiger partial charge >= 0.3 is 0 Å². The van der Waals surface area contributed by atoms with E-state index in [1.807, 2.05) is 84.9 Å². The Morgan fingerprint density at radius 3 is 1.35 bits per heavy atom. The van der Waals surface area contributed by atoms with Gasteiger partial charge in [-0.15, -0.1) is 22.7 Å². The van der Waals surface area contributed by atoms with Crippen molar-refractivity contribution >= 4 is 54.5 Å². The molecule has 0 aliphatic heterocycles. The summed E-state index contributed by atoms with van der Waals surface area (Å²) in [5.41, 5.74) is 17.0. The van der Waals surface area contributed by atoms with Crippen LogP contribution >= 0.6 is 22.7 Å². The van der Waals surface area contributed by atoms with Crippen LogP contribution in [0.5, 0.6) is 23.0 Å². The average molecular weight is 559 g/mol. The lowest BCUT2D eigenvalue weighted by atomic mass is 10.2. The largest absolute Gasteiger partial charge is 0.457 e. The quantitative estimate of drug-likeness (QED) is 0.198. The van der Waals surface area contributed by atoms with Crippen LogP contribution in [0.15, 0.2) is 109 Å². The van der Waals surface area contributed by atoms with E-state index in [0.717, 1.165) is 53.1 Å². The number of benzene rings is 5. The average Bonchev–Trinajstić information content (AvgIpc) is 3.56. The molecule has 40 heavy (non-hydrogen) atoms. The zero-order valence-corrected chi connectivity index (χ0v) is 22.7. The summed E-state index contributed by atoms with van der Waals surface area (Å²) < 4.78 is 14.1. The van der Waals surface area contributed by atoms with Gasteiger partial charge in [0.25, 0.3) is 0 Å². The third-order valence-corrected chi connectivity index (χ3v) is 8.42. The van der Waals surface area contributed by atoms with Crippen LogP contribution in [-0.4, -0.2) is 9.97 Å². The van der Waals surface area contributed by atoms with Gasteiger partial charge in [-0.05, 0) is 84.9 Å². The van der Waals surface area contributed by atoms with Gasteiger partial charge in [0.15, 0.2) is 0 Å². The van der Waals surface area contributed by atoms with Gasteiger partial charge in [-0.1, -0.05) is 12.1 Å². The van der Waals surface area contributed by atoms with Crippen molar-refractivity contribution in [1.82, 2.24) is 9.97 Å². The number of ether oxygens (including phenoxy) is 2. The first-order valence-electron chi connectivity index (χ1n) is 12.5. The smallest absolute Gasteiger partial charge is 0.129 e. The summed E-state index contributed by atoms with van der Waals surface area (Å²) in [7, 11) is 0. The molecule has 7 rings (SSSR count). The second-order valence-corrected chi connectivity index (χ2v) is 11.3. The highest BCUT2D eigenvalue weighted by molar-refractivity contribution is 7.23. The summed E-state index contributed by atoms with van der Waals surface area (Å²) >= 11 is 3.34. The Hall–Kier alpha value is -4.92. The molecular formula is C32H22N4O2S2. The number of hydrogen-bond donors (Lipinski definition) is 2. The molecule has 0 atom stereocenters. The fourth-order valence-corrected chi connectivity index (χ4v) is 6.41. The summed E-state index contributed by atoms with van der Waals surface area (Å²) in [6.45, 7) is 0. The van der Waals surface area contributed by atoms with Crippen molar-refractivity contribution in [1.29, 1.82) is 0 Å². The van der Waals surface area contributed by atoms with Crippen molar-refractivity contribution in [2.75, 3.05) is 11.5 Å². The first kappa shape index (κ1) is 24.1. The molecule has 0 unspecified atom stereocenters. The standard InChI is InChI=1S/C32H22N4O2S2/c33-21-3-1-5-25(15-21)37-23-11-7-19(8-12-23)31-35-27-17-28-30(18-29(27)39-31)40-32(36-28)20-9-13-24(14-10-20)38-26-6-2-4-22(34)16-26/h1-18H,33-34H2. The van der Waals surface area contributed by atoms with Gasteiger partial charge in [-0.3, -0.25) is 0 Å². The van der Waals surface area contributed by atoms with Crippen molar-refractivity contribution in [2.24, 2.45) is 0 Å². The normalized spacial score (nSPS) is 11.2. The third-order valence-electron chi connectivity index (χ3n) is 6.29. The summed E-state index contributed by atoms with van der Waals surface area (Å²) in [5, 5.41) is 1.92. The monoisotopic (exact) mass is 558 g/mol. The molecule has 2 heterocycles. The van der Waals surface area contributed by atoms with Crippen molar-refractivity contribution in [3.63, 3.8) is 0 Å². The van der Waals surface area contributed by atoms with Crippen LogP contribution < -0.4 is 20.9 Å². The molecule has 0 bridgehead atoms. The Balaban J connectivity index is 1.10. The topological polar surface area (TPSA) is 96.3 Å². The molecule has 6 nitrogen and oxygen atoms in total. The van der Waals surface area contributed by atoms with Crippen LogP contribution in [0, 0.1) is 0 Å². The van der Waals surface area contributed by atoms with E-state index in [1.54, 1.807) is 34.8 Å². The number of nitrogens with zero attached hydrogens (tertiary/aromatic N) is 2. The number of aromatic nitrogens is 2. The molecule has 0 saturated carbocycles. The number of nitrogen functional groups attached to an aromatic ring is 2. The Labute approximate surface area is 238 Å². The SMILES string of the molecule is Nc1cccc(Oc2ccc(-c3nc4cc5nc(-c6ccc(Oc7cccc(N)c7)cc6)sc5cc4s3)cc2)c1. The summed E-state index contributed by atoms with van der Waals surface area (Å²) in [6.07, 6.45) is 0. The Morgan fingerprint density at radius 1 is 0.475 bits per heavy atom. The molecule has 0 aliphatic carbocycles. The van der Waals surface area contributed by atoms with Crippen LogP contribution in [0.4, 0.5) is 11.4 Å². The van der Waals surface area contributed by atoms with E-state index in [-0.39, 0.29) is 0 Å². The Kier molecular flexibility index (Phi) is 6.03. The highest BCUT2D eigenvalue weighted by Gasteiger charge is 2.12. The van der Waals surface area contributed by atoms with Gasteiger partial charge in [0.2, 0.25) is 0 Å². The number of thiazole rings is 2. The van der Waals surface area contributed by atoms with Crippen LogP contribution in [0.1, 0.15) is 0 Å². The molecular weight excluding hydrogens is 537 g/mol. The van der Waals surface area contributed by atoms with Crippen LogP contribution in [-0.2, 0) is 0 Å². The number of nitrogens with two attached hydrogens (primary N) is 2. The predicted molar refractivity (Wildman–Crippen MR) is 166 cm³/mol. The fourth-order valence-electron chi connectivity index (χ4n) is 4.36. The summed E-state index contributed by atoms with van der Waals surface area (Å²) in [6, 6.07) is 34.9. The maximum absolute atomic E-state index is 5.92. The first-order chi connectivity index (χ1) is 19.6. The molecule has 7 aromatic rings. The third kappa shape index (κ3) is 4.93. The molecule has 0 radical (unpaired) electrons. The van der Waals surface area contributed by atoms with Gasteiger partial charge in [-0.2, -0.15) is 0 Å². The number of fused-ring (bicyclic) bond motifs is 2. The lowest BCUT2D eigenvalue weighted by Crippen LogP contribution is -1.87. The van der Waals surface area contributed by atoms with E-state index in [2.05, 4.69) is 12.1 Å². The van der Waals surface area contributed by atoms with Crippen molar-refractivity contribution < 1.29 is 9.47 Å². The molecule has 0 amide bonds. The zero-order chi connectivity index (χ0) is 27.1. The van der Waals surface area contributed by atoms with Crippen molar-refractivity contribution in [3.8, 4) is 44.1 Å². The molecule has 0 saturated heterocycles.